The molecule has 3 nitrogen and oxygen atoms in total. The number of benzene rings is 2. The molecule has 0 bridgehead atoms. The molecule has 118 valence electrons. The van der Waals surface area contributed by atoms with Crippen LogP contribution in [0.3, 0.4) is 0 Å². The van der Waals surface area contributed by atoms with Crippen molar-refractivity contribution in [2.75, 3.05) is 20.3 Å². The van der Waals surface area contributed by atoms with Crippen molar-refractivity contribution in [1.82, 2.24) is 0 Å². The Bertz CT molecular complexity index is 597. The Morgan fingerprint density at radius 2 is 1.41 bits per heavy atom. The van der Waals surface area contributed by atoms with Gasteiger partial charge in [-0.3, -0.25) is 0 Å². The Hall–Kier alpha value is -2.16. The fourth-order valence-corrected chi connectivity index (χ4v) is 2.55. The maximum atomic E-state index is 5.91. The van der Waals surface area contributed by atoms with Gasteiger partial charge in [-0.15, -0.1) is 0 Å². The van der Waals surface area contributed by atoms with E-state index in [0.29, 0.717) is 13.2 Å². The normalized spacial score (nSPS) is 10.4. The standard InChI is InChI=1S/C19H24O3/c1-14-12-15(2)19(16(3)13-14)22-11-7-10-21-18-9-6-5-8-17(18)20-4/h5-6,8-9,12-13H,7,10-11H2,1-4H3. The molecule has 0 unspecified atom stereocenters. The van der Waals surface area contributed by atoms with Crippen molar-refractivity contribution in [2.45, 2.75) is 27.2 Å². The lowest BCUT2D eigenvalue weighted by atomic mass is 10.1. The largest absolute Gasteiger partial charge is 0.493 e. The van der Waals surface area contributed by atoms with Gasteiger partial charge in [-0.05, 0) is 44.0 Å². The van der Waals surface area contributed by atoms with Crippen molar-refractivity contribution >= 4 is 0 Å². The van der Waals surface area contributed by atoms with Crippen molar-refractivity contribution in [2.24, 2.45) is 0 Å². The summed E-state index contributed by atoms with van der Waals surface area (Å²) in [6, 6.07) is 12.0. The molecular weight excluding hydrogens is 276 g/mol. The Labute approximate surface area is 132 Å². The molecule has 0 aliphatic heterocycles. The van der Waals surface area contributed by atoms with Gasteiger partial charge in [0.1, 0.15) is 5.75 Å². The molecule has 2 aromatic rings. The summed E-state index contributed by atoms with van der Waals surface area (Å²) in [5, 5.41) is 0. The third-order valence-corrected chi connectivity index (χ3v) is 3.47. The van der Waals surface area contributed by atoms with Crippen molar-refractivity contribution in [3.63, 3.8) is 0 Å². The minimum absolute atomic E-state index is 0.602. The summed E-state index contributed by atoms with van der Waals surface area (Å²) < 4.78 is 16.9. The van der Waals surface area contributed by atoms with E-state index < -0.39 is 0 Å². The molecule has 0 atom stereocenters. The highest BCUT2D eigenvalue weighted by Crippen LogP contribution is 2.26. The van der Waals surface area contributed by atoms with E-state index in [9.17, 15) is 0 Å². The number of rotatable bonds is 7. The lowest BCUT2D eigenvalue weighted by molar-refractivity contribution is 0.239. The lowest BCUT2D eigenvalue weighted by Gasteiger charge is -2.14. The van der Waals surface area contributed by atoms with Crippen LogP contribution < -0.4 is 14.2 Å². The fraction of sp³-hybridized carbons (Fsp3) is 0.368. The molecule has 2 rings (SSSR count). The predicted molar refractivity (Wildman–Crippen MR) is 89.3 cm³/mol. The molecule has 0 fully saturated rings. The van der Waals surface area contributed by atoms with Crippen LogP contribution in [0.2, 0.25) is 0 Å². The third-order valence-electron chi connectivity index (χ3n) is 3.47. The number of hydrogen-bond donors (Lipinski definition) is 0. The molecule has 0 spiro atoms. The van der Waals surface area contributed by atoms with Crippen molar-refractivity contribution in [1.29, 1.82) is 0 Å². The zero-order chi connectivity index (χ0) is 15.9. The molecule has 0 N–H and O–H groups in total. The maximum Gasteiger partial charge on any atom is 0.161 e. The predicted octanol–water partition coefficient (Wildman–Crippen LogP) is 4.47. The van der Waals surface area contributed by atoms with Gasteiger partial charge in [0, 0.05) is 6.42 Å². The van der Waals surface area contributed by atoms with Crippen LogP contribution in [0.5, 0.6) is 17.2 Å². The van der Waals surface area contributed by atoms with Crippen LogP contribution in [-0.4, -0.2) is 20.3 Å². The van der Waals surface area contributed by atoms with Crippen LogP contribution in [0, 0.1) is 20.8 Å². The van der Waals surface area contributed by atoms with E-state index in [0.717, 1.165) is 23.7 Å². The topological polar surface area (TPSA) is 27.7 Å². The molecule has 0 aliphatic carbocycles. The van der Waals surface area contributed by atoms with Gasteiger partial charge in [0.05, 0.1) is 20.3 Å². The van der Waals surface area contributed by atoms with E-state index in [1.54, 1.807) is 7.11 Å². The molecule has 0 saturated heterocycles. The van der Waals surface area contributed by atoms with Crippen LogP contribution in [0.15, 0.2) is 36.4 Å². The molecule has 0 saturated carbocycles. The van der Waals surface area contributed by atoms with Crippen LogP contribution in [0.4, 0.5) is 0 Å². The van der Waals surface area contributed by atoms with Gasteiger partial charge in [0.25, 0.3) is 0 Å². The summed E-state index contributed by atoms with van der Waals surface area (Å²) in [6.07, 6.45) is 0.824. The lowest BCUT2D eigenvalue weighted by Crippen LogP contribution is -2.07. The van der Waals surface area contributed by atoms with Gasteiger partial charge in [0.15, 0.2) is 11.5 Å². The van der Waals surface area contributed by atoms with Gasteiger partial charge in [-0.25, -0.2) is 0 Å². The first-order valence-electron chi connectivity index (χ1n) is 7.58. The summed E-state index contributed by atoms with van der Waals surface area (Å²) in [4.78, 5) is 0. The summed E-state index contributed by atoms with van der Waals surface area (Å²) in [7, 11) is 1.65. The van der Waals surface area contributed by atoms with E-state index in [4.69, 9.17) is 14.2 Å². The minimum Gasteiger partial charge on any atom is -0.493 e. The van der Waals surface area contributed by atoms with E-state index in [1.807, 2.05) is 24.3 Å². The van der Waals surface area contributed by atoms with Crippen molar-refractivity contribution in [3.8, 4) is 17.2 Å². The first-order chi connectivity index (χ1) is 10.6. The van der Waals surface area contributed by atoms with Gasteiger partial charge in [0.2, 0.25) is 0 Å². The number of hydrogen-bond acceptors (Lipinski definition) is 3. The Morgan fingerprint density at radius 1 is 0.818 bits per heavy atom. The maximum absolute atomic E-state index is 5.91. The van der Waals surface area contributed by atoms with E-state index in [2.05, 4.69) is 32.9 Å². The first-order valence-corrected chi connectivity index (χ1v) is 7.58. The minimum atomic E-state index is 0.602. The van der Waals surface area contributed by atoms with Crippen LogP contribution in [0.25, 0.3) is 0 Å². The summed E-state index contributed by atoms with van der Waals surface area (Å²) in [6.45, 7) is 7.51. The fourth-order valence-electron chi connectivity index (χ4n) is 2.55. The molecule has 22 heavy (non-hydrogen) atoms. The Morgan fingerprint density at radius 3 is 2.05 bits per heavy atom. The Balaban J connectivity index is 1.81. The second-order valence-electron chi connectivity index (χ2n) is 5.43. The van der Waals surface area contributed by atoms with E-state index in [1.165, 1.54) is 16.7 Å². The van der Waals surface area contributed by atoms with Crippen LogP contribution >= 0.6 is 0 Å². The molecule has 0 radical (unpaired) electrons. The summed E-state index contributed by atoms with van der Waals surface area (Å²) in [5.41, 5.74) is 3.63. The van der Waals surface area contributed by atoms with Gasteiger partial charge >= 0.3 is 0 Å². The molecule has 0 amide bonds. The molecule has 2 aromatic carbocycles. The molecule has 3 heteroatoms. The number of aryl methyl sites for hydroxylation is 3. The molecule has 0 aliphatic rings. The molecule has 0 aromatic heterocycles. The van der Waals surface area contributed by atoms with E-state index in [-0.39, 0.29) is 0 Å². The van der Waals surface area contributed by atoms with Crippen LogP contribution in [-0.2, 0) is 0 Å². The van der Waals surface area contributed by atoms with E-state index >= 15 is 0 Å². The highest BCUT2D eigenvalue weighted by atomic mass is 16.5. The van der Waals surface area contributed by atoms with Gasteiger partial charge in [-0.1, -0.05) is 29.8 Å². The number of ether oxygens (including phenoxy) is 3. The SMILES string of the molecule is COc1ccccc1OCCCOc1c(C)cc(C)cc1C. The number of methoxy groups -OCH3 is 1. The Kier molecular flexibility index (Phi) is 5.70. The first kappa shape index (κ1) is 16.2. The monoisotopic (exact) mass is 300 g/mol. The smallest absolute Gasteiger partial charge is 0.161 e. The second-order valence-corrected chi connectivity index (χ2v) is 5.43. The van der Waals surface area contributed by atoms with Gasteiger partial charge in [-0.2, -0.15) is 0 Å². The highest BCUT2D eigenvalue weighted by Gasteiger charge is 2.05. The average Bonchev–Trinajstić information content (AvgIpc) is 2.49. The average molecular weight is 300 g/mol. The van der Waals surface area contributed by atoms with Crippen LogP contribution in [0.1, 0.15) is 23.1 Å². The summed E-state index contributed by atoms with van der Waals surface area (Å²) >= 11 is 0. The quantitative estimate of drug-likeness (QED) is 0.706. The zero-order valence-electron chi connectivity index (χ0n) is 13.8. The highest BCUT2D eigenvalue weighted by molar-refractivity contribution is 5.43. The number of para-hydroxylation sites is 2. The molecular formula is C19H24O3. The van der Waals surface area contributed by atoms with Crippen molar-refractivity contribution < 1.29 is 14.2 Å². The third kappa shape index (κ3) is 4.17. The zero-order valence-corrected chi connectivity index (χ0v) is 13.8. The van der Waals surface area contributed by atoms with Gasteiger partial charge < -0.3 is 14.2 Å². The summed E-state index contributed by atoms with van der Waals surface area (Å²) in [5.74, 6) is 2.52. The second kappa shape index (κ2) is 7.74. The molecule has 0 heterocycles. The van der Waals surface area contributed by atoms with Crippen molar-refractivity contribution in [3.05, 3.63) is 53.1 Å².